The molecule has 0 spiro atoms. The molecule has 0 unspecified atom stereocenters. The number of rotatable bonds is 4. The largest absolute Gasteiger partial charge is 0.342 e. The van der Waals surface area contributed by atoms with Gasteiger partial charge in [0, 0.05) is 38.1 Å². The molecule has 0 fully saturated rings. The molecule has 0 saturated heterocycles. The Morgan fingerprint density at radius 1 is 1.18 bits per heavy atom. The molecule has 0 atom stereocenters. The number of aromatic nitrogens is 1. The molecule has 6 heteroatoms. The average molecular weight is 399 g/mol. The van der Waals surface area contributed by atoms with Crippen LogP contribution in [0, 0.1) is 12.7 Å². The molecule has 0 bridgehead atoms. The third kappa shape index (κ3) is 3.07. The molecule has 0 radical (unpaired) electrons. The molecule has 0 aliphatic carbocycles. The Morgan fingerprint density at radius 2 is 1.93 bits per heavy atom. The molecule has 28 heavy (non-hydrogen) atoms. The number of fused-ring (bicyclic) bond motifs is 1. The maximum absolute atomic E-state index is 14.2. The van der Waals surface area contributed by atoms with Crippen molar-refractivity contribution in [2.75, 3.05) is 5.75 Å². The van der Waals surface area contributed by atoms with Gasteiger partial charge in [-0.3, -0.25) is 9.00 Å². The quantitative estimate of drug-likeness (QED) is 0.693. The summed E-state index contributed by atoms with van der Waals surface area (Å²) in [5, 5.41) is 4.88. The van der Waals surface area contributed by atoms with E-state index in [1.807, 2.05) is 47.9 Å². The van der Waals surface area contributed by atoms with Gasteiger partial charge in [-0.25, -0.2) is 4.39 Å². The van der Waals surface area contributed by atoms with Crippen molar-refractivity contribution in [3.05, 3.63) is 83.2 Å². The van der Waals surface area contributed by atoms with E-state index >= 15 is 0 Å². The Bertz CT molecular complexity index is 1160. The Balaban J connectivity index is 1.67. The highest BCUT2D eigenvalue weighted by Crippen LogP contribution is 2.38. The Kier molecular flexibility index (Phi) is 4.46. The van der Waals surface area contributed by atoms with E-state index in [1.165, 1.54) is 6.07 Å². The highest BCUT2D eigenvalue weighted by Gasteiger charge is 2.45. The summed E-state index contributed by atoms with van der Waals surface area (Å²) in [5.74, 6) is 0.00610. The fourth-order valence-corrected chi connectivity index (χ4v) is 7.13. The van der Waals surface area contributed by atoms with E-state index in [-0.39, 0.29) is 24.0 Å². The monoisotopic (exact) mass is 398 g/mol. The highest BCUT2D eigenvalue weighted by atomic mass is 32.3. The predicted octanol–water partition coefficient (Wildman–Crippen LogP) is 4.69. The maximum atomic E-state index is 14.2. The fourth-order valence-electron chi connectivity index (χ4n) is 3.79. The molecular weight excluding hydrogens is 375 g/mol. The topological polar surface area (TPSA) is 51.1 Å². The summed E-state index contributed by atoms with van der Waals surface area (Å²) in [5.41, 5.74) is 2.29. The number of benzene rings is 2. The fraction of sp³-hybridized carbons (Fsp3) is 0.227. The van der Waals surface area contributed by atoms with Gasteiger partial charge < -0.3 is 9.88 Å². The predicted molar refractivity (Wildman–Crippen MR) is 112 cm³/mol. The van der Waals surface area contributed by atoms with Crippen LogP contribution >= 0.6 is 0 Å². The first-order valence-corrected chi connectivity index (χ1v) is 11.6. The first-order chi connectivity index (χ1) is 13.4. The third-order valence-corrected chi connectivity index (χ3v) is 9.21. The van der Waals surface area contributed by atoms with Crippen LogP contribution in [-0.4, -0.2) is 19.8 Å². The van der Waals surface area contributed by atoms with Crippen molar-refractivity contribution >= 4 is 25.2 Å². The minimum absolute atomic E-state index is 0.0132. The van der Waals surface area contributed by atoms with Crippen molar-refractivity contribution in [1.29, 1.82) is 0 Å². The van der Waals surface area contributed by atoms with Crippen LogP contribution in [0.4, 0.5) is 9.18 Å². The van der Waals surface area contributed by atoms with Gasteiger partial charge in [0.25, 0.3) is 5.24 Å². The van der Waals surface area contributed by atoms with Crippen molar-refractivity contribution in [2.45, 2.75) is 25.8 Å². The zero-order valence-electron chi connectivity index (χ0n) is 15.7. The molecule has 0 saturated carbocycles. The number of nitrogens with one attached hydrogen (secondary N) is 1. The first kappa shape index (κ1) is 18.6. The van der Waals surface area contributed by atoms with Crippen molar-refractivity contribution in [2.24, 2.45) is 0 Å². The van der Waals surface area contributed by atoms with Crippen LogP contribution in [0.3, 0.4) is 0 Å². The van der Waals surface area contributed by atoms with Gasteiger partial charge in [0.1, 0.15) is 5.82 Å². The lowest BCUT2D eigenvalue weighted by Crippen LogP contribution is -2.49. The van der Waals surface area contributed by atoms with E-state index in [0.29, 0.717) is 12.0 Å². The molecule has 1 amide bonds. The second-order valence-electron chi connectivity index (χ2n) is 7.36. The summed E-state index contributed by atoms with van der Waals surface area (Å²) in [4.78, 5) is 13.2. The molecule has 4 nitrogen and oxygen atoms in total. The van der Waals surface area contributed by atoms with Gasteiger partial charge in [-0.1, -0.05) is 42.5 Å². The molecule has 146 valence electrons. The SMILES string of the molecule is Cc1cc2ccccc2n1CS1(=O)(C(=O)NCc2ccccc2F)C=CCC1. The van der Waals surface area contributed by atoms with E-state index in [0.717, 1.165) is 16.6 Å². The second-order valence-corrected chi connectivity index (χ2v) is 11.4. The van der Waals surface area contributed by atoms with Gasteiger partial charge >= 0.3 is 0 Å². The van der Waals surface area contributed by atoms with Crippen LogP contribution in [0.5, 0.6) is 0 Å². The van der Waals surface area contributed by atoms with E-state index in [4.69, 9.17) is 0 Å². The Morgan fingerprint density at radius 3 is 2.68 bits per heavy atom. The molecule has 1 aromatic heterocycles. The summed E-state index contributed by atoms with van der Waals surface area (Å²) in [7, 11) is -3.79. The summed E-state index contributed by atoms with van der Waals surface area (Å²) in [6.45, 7) is 1.97. The summed E-state index contributed by atoms with van der Waals surface area (Å²) >= 11 is 0. The van der Waals surface area contributed by atoms with Crippen LogP contribution in [0.25, 0.3) is 10.9 Å². The Hall–Kier alpha value is -2.73. The van der Waals surface area contributed by atoms with E-state index in [9.17, 15) is 13.4 Å². The van der Waals surface area contributed by atoms with Gasteiger partial charge in [0.15, 0.2) is 0 Å². The van der Waals surface area contributed by atoms with Gasteiger partial charge in [0.2, 0.25) is 0 Å². The number of carbonyl (C=O) groups excluding carboxylic acids is 1. The van der Waals surface area contributed by atoms with Crippen molar-refractivity contribution in [3.63, 3.8) is 0 Å². The van der Waals surface area contributed by atoms with Crippen molar-refractivity contribution in [3.8, 4) is 0 Å². The van der Waals surface area contributed by atoms with Gasteiger partial charge in [-0.2, -0.15) is 0 Å². The number of halogens is 1. The third-order valence-electron chi connectivity index (χ3n) is 5.40. The van der Waals surface area contributed by atoms with E-state index < -0.39 is 14.3 Å². The van der Waals surface area contributed by atoms with Gasteiger partial charge in [0.05, 0.1) is 5.88 Å². The summed E-state index contributed by atoms with van der Waals surface area (Å²) in [6.07, 6.45) is 2.41. The van der Waals surface area contributed by atoms with E-state index in [2.05, 4.69) is 5.32 Å². The van der Waals surface area contributed by atoms with Crippen LogP contribution in [0.2, 0.25) is 0 Å². The number of amides is 1. The summed E-state index contributed by atoms with van der Waals surface area (Å²) in [6, 6.07) is 16.2. The lowest BCUT2D eigenvalue weighted by molar-refractivity contribution is 0.258. The molecule has 4 rings (SSSR count). The highest BCUT2D eigenvalue weighted by molar-refractivity contribution is 8.33. The van der Waals surface area contributed by atoms with Crippen molar-refractivity contribution < 1.29 is 13.4 Å². The molecular formula is C22H23FN2O2S. The molecule has 2 aromatic carbocycles. The average Bonchev–Trinajstić information content (AvgIpc) is 3.23. The number of hydrogen-bond acceptors (Lipinski definition) is 2. The first-order valence-electron chi connectivity index (χ1n) is 9.27. The lowest BCUT2D eigenvalue weighted by Gasteiger charge is -2.35. The number of carbonyl (C=O) groups is 1. The zero-order valence-corrected chi connectivity index (χ0v) is 16.5. The molecule has 1 aliphatic heterocycles. The maximum Gasteiger partial charge on any atom is 0.293 e. The Labute approximate surface area is 163 Å². The summed E-state index contributed by atoms with van der Waals surface area (Å²) < 4.78 is 30.1. The van der Waals surface area contributed by atoms with Crippen LogP contribution < -0.4 is 5.32 Å². The zero-order chi connectivity index (χ0) is 19.8. The number of para-hydroxylation sites is 1. The van der Waals surface area contributed by atoms with Crippen molar-refractivity contribution in [1.82, 2.24) is 9.88 Å². The van der Waals surface area contributed by atoms with Gasteiger partial charge in [-0.05, 0) is 42.3 Å². The smallest absolute Gasteiger partial charge is 0.293 e. The molecule has 1 N–H and O–H groups in total. The number of hydrogen-bond donors (Lipinski definition) is 1. The number of aryl methyl sites for hydroxylation is 1. The molecule has 1 aliphatic rings. The van der Waals surface area contributed by atoms with Gasteiger partial charge in [-0.15, -0.1) is 0 Å². The van der Waals surface area contributed by atoms with Crippen LogP contribution in [-0.2, 0) is 21.5 Å². The van der Waals surface area contributed by atoms with Crippen LogP contribution in [0.15, 0.2) is 66.1 Å². The minimum atomic E-state index is -3.79. The minimum Gasteiger partial charge on any atom is -0.342 e. The normalized spacial score (nSPS) is 18.6. The number of allylic oxidation sites excluding steroid dienone is 1. The molecule has 3 aromatic rings. The standard InChI is InChI=1S/C22H23FN2O2S/c1-17-14-18-8-3-5-11-21(18)25(17)16-28(27,12-6-7-13-28)22(26)24-15-19-9-2-4-10-20(19)23/h2-6,8-12,14H,7,13,15-16H2,1H3,(H,24,26). The molecule has 2 heterocycles. The second kappa shape index (κ2) is 6.71. The number of nitrogens with zero attached hydrogens (tertiary/aromatic N) is 1. The van der Waals surface area contributed by atoms with Crippen LogP contribution in [0.1, 0.15) is 17.7 Å². The van der Waals surface area contributed by atoms with E-state index in [1.54, 1.807) is 23.6 Å². The lowest BCUT2D eigenvalue weighted by atomic mass is 10.2.